The van der Waals surface area contributed by atoms with E-state index in [1.54, 1.807) is 0 Å². The van der Waals surface area contributed by atoms with Crippen molar-refractivity contribution in [2.75, 3.05) is 13.2 Å². The van der Waals surface area contributed by atoms with E-state index in [1.807, 2.05) is 0 Å². The monoisotopic (exact) mass is 891 g/mol. The van der Waals surface area contributed by atoms with E-state index in [9.17, 15) is 14.4 Å². The van der Waals surface area contributed by atoms with E-state index in [4.69, 9.17) is 14.2 Å². The number of ether oxygens (including phenoxy) is 3. The molecule has 6 nitrogen and oxygen atoms in total. The first-order valence-corrected chi connectivity index (χ1v) is 28.1. The summed E-state index contributed by atoms with van der Waals surface area (Å²) < 4.78 is 16.8. The molecule has 0 saturated carbocycles. The second kappa shape index (κ2) is 48.3. The van der Waals surface area contributed by atoms with Crippen molar-refractivity contribution >= 4 is 17.9 Å². The number of carbonyl (C=O) groups excluding carboxylic acids is 3. The summed E-state index contributed by atoms with van der Waals surface area (Å²) in [4.78, 5) is 38.0. The van der Waals surface area contributed by atoms with Crippen molar-refractivity contribution in [3.05, 3.63) is 0 Å². The first-order chi connectivity index (χ1) is 30.6. The highest BCUT2D eigenvalue weighted by Crippen LogP contribution is 2.18. The quantitative estimate of drug-likeness (QED) is 0.0344. The van der Waals surface area contributed by atoms with Gasteiger partial charge in [0.05, 0.1) is 0 Å². The summed E-state index contributed by atoms with van der Waals surface area (Å²) in [6.45, 7) is 13.7. The third-order valence-corrected chi connectivity index (χ3v) is 13.3. The molecule has 63 heavy (non-hydrogen) atoms. The first kappa shape index (κ1) is 61.4. The third-order valence-electron chi connectivity index (χ3n) is 13.3. The molecule has 0 bridgehead atoms. The van der Waals surface area contributed by atoms with Crippen LogP contribution in [-0.4, -0.2) is 37.2 Å². The average molecular weight is 892 g/mol. The zero-order valence-electron chi connectivity index (χ0n) is 43.4. The second-order valence-corrected chi connectivity index (χ2v) is 20.8. The summed E-state index contributed by atoms with van der Waals surface area (Å²) in [5.41, 5.74) is 0. The molecule has 0 amide bonds. The van der Waals surface area contributed by atoms with Crippen LogP contribution in [-0.2, 0) is 28.6 Å². The van der Waals surface area contributed by atoms with Crippen LogP contribution in [0, 0.1) is 17.8 Å². The summed E-state index contributed by atoms with van der Waals surface area (Å²) >= 11 is 0. The van der Waals surface area contributed by atoms with Gasteiger partial charge in [-0.3, -0.25) is 14.4 Å². The van der Waals surface area contributed by atoms with Crippen LogP contribution in [0.1, 0.15) is 311 Å². The third kappa shape index (κ3) is 49.7. The van der Waals surface area contributed by atoms with Crippen LogP contribution in [0.4, 0.5) is 0 Å². The molecule has 0 aliphatic carbocycles. The normalized spacial score (nSPS) is 12.6. The molecule has 0 saturated heterocycles. The highest BCUT2D eigenvalue weighted by molar-refractivity contribution is 5.71. The fourth-order valence-corrected chi connectivity index (χ4v) is 8.61. The summed E-state index contributed by atoms with van der Waals surface area (Å²) in [6, 6.07) is 0. The summed E-state index contributed by atoms with van der Waals surface area (Å²) in [6.07, 6.45) is 49.6. The molecule has 374 valence electrons. The Kier molecular flexibility index (Phi) is 47.1. The molecule has 0 aliphatic rings. The highest BCUT2D eigenvalue weighted by atomic mass is 16.6. The van der Waals surface area contributed by atoms with Crippen molar-refractivity contribution < 1.29 is 28.6 Å². The first-order valence-electron chi connectivity index (χ1n) is 28.1. The minimum Gasteiger partial charge on any atom is -0.462 e. The lowest BCUT2D eigenvalue weighted by Crippen LogP contribution is -2.30. The number of carbonyl (C=O) groups is 3. The maximum Gasteiger partial charge on any atom is 0.306 e. The number of hydrogen-bond acceptors (Lipinski definition) is 6. The summed E-state index contributed by atoms with van der Waals surface area (Å²) in [7, 11) is 0. The zero-order chi connectivity index (χ0) is 46.3. The topological polar surface area (TPSA) is 78.9 Å². The molecule has 0 aromatic heterocycles. The van der Waals surface area contributed by atoms with Gasteiger partial charge in [-0.15, -0.1) is 0 Å². The van der Waals surface area contributed by atoms with Crippen molar-refractivity contribution in [3.63, 3.8) is 0 Å². The van der Waals surface area contributed by atoms with Crippen LogP contribution in [0.25, 0.3) is 0 Å². The Hall–Kier alpha value is -1.59. The maximum atomic E-state index is 12.8. The lowest BCUT2D eigenvalue weighted by molar-refractivity contribution is -0.167. The van der Waals surface area contributed by atoms with Crippen LogP contribution < -0.4 is 0 Å². The minimum absolute atomic E-state index is 0.0648. The molecule has 0 spiro atoms. The molecule has 0 N–H and O–H groups in total. The van der Waals surface area contributed by atoms with Gasteiger partial charge in [-0.05, 0) is 37.0 Å². The predicted octanol–water partition coefficient (Wildman–Crippen LogP) is 18.3. The summed E-state index contributed by atoms with van der Waals surface area (Å²) in [5, 5.41) is 0. The molecule has 0 fully saturated rings. The van der Waals surface area contributed by atoms with E-state index in [0.29, 0.717) is 19.3 Å². The molecule has 0 rings (SSSR count). The lowest BCUT2D eigenvalue weighted by atomic mass is 10.00. The van der Waals surface area contributed by atoms with Gasteiger partial charge in [0.2, 0.25) is 0 Å². The van der Waals surface area contributed by atoms with Gasteiger partial charge in [-0.1, -0.05) is 273 Å². The smallest absolute Gasteiger partial charge is 0.306 e. The van der Waals surface area contributed by atoms with Crippen LogP contribution in [0.3, 0.4) is 0 Å². The Bertz CT molecular complexity index is 978. The van der Waals surface area contributed by atoms with Gasteiger partial charge in [-0.25, -0.2) is 0 Å². The van der Waals surface area contributed by atoms with Crippen molar-refractivity contribution in [1.29, 1.82) is 0 Å². The second-order valence-electron chi connectivity index (χ2n) is 20.8. The van der Waals surface area contributed by atoms with Crippen molar-refractivity contribution in [2.24, 2.45) is 17.8 Å². The number of rotatable bonds is 50. The van der Waals surface area contributed by atoms with E-state index < -0.39 is 6.10 Å². The summed E-state index contributed by atoms with van der Waals surface area (Å²) in [5.74, 6) is 1.64. The number of unbranched alkanes of at least 4 members (excludes halogenated alkanes) is 32. The van der Waals surface area contributed by atoms with Crippen molar-refractivity contribution in [3.8, 4) is 0 Å². The molecular weight excluding hydrogens is 781 g/mol. The van der Waals surface area contributed by atoms with Gasteiger partial charge in [-0.2, -0.15) is 0 Å². The van der Waals surface area contributed by atoms with E-state index in [0.717, 1.165) is 75.5 Å². The Morgan fingerprint density at radius 1 is 0.317 bits per heavy atom. The number of hydrogen-bond donors (Lipinski definition) is 0. The molecule has 1 unspecified atom stereocenters. The van der Waals surface area contributed by atoms with E-state index in [-0.39, 0.29) is 31.1 Å². The van der Waals surface area contributed by atoms with Crippen molar-refractivity contribution in [1.82, 2.24) is 0 Å². The largest absolute Gasteiger partial charge is 0.462 e. The van der Waals surface area contributed by atoms with Crippen LogP contribution in [0.15, 0.2) is 0 Å². The van der Waals surface area contributed by atoms with E-state index in [1.165, 1.54) is 193 Å². The van der Waals surface area contributed by atoms with Gasteiger partial charge in [0, 0.05) is 19.3 Å². The van der Waals surface area contributed by atoms with Gasteiger partial charge in [0.15, 0.2) is 6.10 Å². The minimum atomic E-state index is -0.764. The fourth-order valence-electron chi connectivity index (χ4n) is 8.61. The fraction of sp³-hybridized carbons (Fsp3) is 0.947. The van der Waals surface area contributed by atoms with Gasteiger partial charge in [0.1, 0.15) is 13.2 Å². The van der Waals surface area contributed by atoms with Gasteiger partial charge >= 0.3 is 17.9 Å². The van der Waals surface area contributed by atoms with Gasteiger partial charge < -0.3 is 14.2 Å². The molecular formula is C57H110O6. The maximum absolute atomic E-state index is 12.8. The Balaban J connectivity index is 4.20. The number of esters is 3. The molecule has 0 aromatic carbocycles. The standard InChI is InChI=1S/C57H110O6/c1-7-53(6)45-39-33-29-30-36-42-48-57(60)63-54(50-62-56(59)47-41-35-28-24-20-16-18-22-26-32-38-44-52(4)5)49-61-55(58)46-40-34-27-23-19-15-13-11-9-8-10-12-14-17-21-25-31-37-43-51(2)3/h51-54H,7-50H2,1-6H3/t53?,54-/m0/s1. The highest BCUT2D eigenvalue weighted by Gasteiger charge is 2.19. The zero-order valence-corrected chi connectivity index (χ0v) is 43.4. The van der Waals surface area contributed by atoms with Crippen LogP contribution in [0.2, 0.25) is 0 Å². The Morgan fingerprint density at radius 2 is 0.556 bits per heavy atom. The lowest BCUT2D eigenvalue weighted by Gasteiger charge is -2.18. The molecule has 0 aromatic rings. The van der Waals surface area contributed by atoms with E-state index >= 15 is 0 Å². The average Bonchev–Trinajstić information content (AvgIpc) is 3.25. The SMILES string of the molecule is CCC(C)CCCCCCCCC(=O)O[C@@H](COC(=O)CCCCCCCCCCCCCCCCCCCCC(C)C)COC(=O)CCCCCCCCCCCCCC(C)C. The Labute approximate surface area is 393 Å². The molecule has 0 heterocycles. The van der Waals surface area contributed by atoms with Crippen LogP contribution in [0.5, 0.6) is 0 Å². The predicted molar refractivity (Wildman–Crippen MR) is 270 cm³/mol. The van der Waals surface area contributed by atoms with E-state index in [2.05, 4.69) is 41.5 Å². The van der Waals surface area contributed by atoms with Crippen LogP contribution >= 0.6 is 0 Å². The van der Waals surface area contributed by atoms with Crippen molar-refractivity contribution in [2.45, 2.75) is 317 Å². The van der Waals surface area contributed by atoms with Gasteiger partial charge in [0.25, 0.3) is 0 Å². The molecule has 0 aliphatic heterocycles. The molecule has 2 atom stereocenters. The molecule has 0 radical (unpaired) electrons. The molecule has 6 heteroatoms. The Morgan fingerprint density at radius 3 is 0.825 bits per heavy atom.